The molecule has 3 amide bonds. The first-order valence-corrected chi connectivity index (χ1v) is 12.0. The molecule has 1 saturated carbocycles. The Hall–Kier alpha value is -3.47. The molecule has 3 N–H and O–H groups in total. The molecule has 1 atom stereocenters. The Bertz CT molecular complexity index is 957. The van der Waals surface area contributed by atoms with Gasteiger partial charge in [0.15, 0.2) is 0 Å². The van der Waals surface area contributed by atoms with Crippen LogP contribution in [0.25, 0.3) is 0 Å². The maximum absolute atomic E-state index is 13.1. The standard InChI is InChI=1S/C25H35N3O8/c1-16(2)14-25(3,23(32)26-15-20(29)36-19-8-6-5-7-9-19)24(33)28(34)27-21(30)17-10-12-18(13-11-17)22(31)35-4/h10-13,16,19,34H,5-9,14-15H2,1-4H3,(H,26,32)(H,27,30). The normalized spacial score (nSPS) is 15.4. The first-order valence-electron chi connectivity index (χ1n) is 12.0. The van der Waals surface area contributed by atoms with Gasteiger partial charge in [-0.1, -0.05) is 20.3 Å². The van der Waals surface area contributed by atoms with Gasteiger partial charge >= 0.3 is 11.9 Å². The van der Waals surface area contributed by atoms with E-state index in [1.807, 2.05) is 5.43 Å². The molecule has 0 heterocycles. The van der Waals surface area contributed by atoms with Crippen molar-refractivity contribution in [2.24, 2.45) is 11.3 Å². The minimum atomic E-state index is -1.78. The molecule has 0 spiro atoms. The van der Waals surface area contributed by atoms with Crippen molar-refractivity contribution < 1.29 is 38.7 Å². The highest BCUT2D eigenvalue weighted by Gasteiger charge is 2.45. The molecular formula is C25H35N3O8. The van der Waals surface area contributed by atoms with Gasteiger partial charge in [0.2, 0.25) is 5.91 Å². The lowest BCUT2D eigenvalue weighted by Gasteiger charge is -2.31. The van der Waals surface area contributed by atoms with Crippen LogP contribution in [0.1, 0.15) is 80.0 Å². The summed E-state index contributed by atoms with van der Waals surface area (Å²) in [5.41, 5.74) is 0.510. The van der Waals surface area contributed by atoms with Crippen LogP contribution in [0.15, 0.2) is 24.3 Å². The first-order chi connectivity index (χ1) is 17.0. The number of amides is 3. The van der Waals surface area contributed by atoms with E-state index in [-0.39, 0.29) is 34.7 Å². The number of ether oxygens (including phenoxy) is 2. The van der Waals surface area contributed by atoms with E-state index < -0.39 is 41.6 Å². The number of hydrazine groups is 1. The molecule has 1 unspecified atom stereocenters. The van der Waals surface area contributed by atoms with E-state index in [2.05, 4.69) is 10.1 Å². The summed E-state index contributed by atoms with van der Waals surface area (Å²) in [7, 11) is 1.22. The van der Waals surface area contributed by atoms with E-state index in [1.54, 1.807) is 13.8 Å². The molecule has 198 valence electrons. The fourth-order valence-corrected chi connectivity index (χ4v) is 4.17. The Morgan fingerprint density at radius 2 is 1.64 bits per heavy atom. The van der Waals surface area contributed by atoms with Crippen molar-refractivity contribution in [2.75, 3.05) is 13.7 Å². The maximum Gasteiger partial charge on any atom is 0.337 e. The lowest BCUT2D eigenvalue weighted by molar-refractivity contribution is -0.189. The molecule has 11 nitrogen and oxygen atoms in total. The molecule has 1 aliphatic carbocycles. The lowest BCUT2D eigenvalue weighted by atomic mass is 9.80. The zero-order valence-electron chi connectivity index (χ0n) is 21.2. The number of hydrogen-bond acceptors (Lipinski definition) is 8. The summed E-state index contributed by atoms with van der Waals surface area (Å²) < 4.78 is 9.99. The Balaban J connectivity index is 2.03. The number of benzene rings is 1. The molecule has 0 bridgehead atoms. The number of hydrogen-bond donors (Lipinski definition) is 3. The minimum Gasteiger partial charge on any atom is -0.465 e. The molecule has 0 aromatic heterocycles. The topological polar surface area (TPSA) is 151 Å². The zero-order chi connectivity index (χ0) is 26.9. The van der Waals surface area contributed by atoms with E-state index in [4.69, 9.17) is 4.74 Å². The Labute approximate surface area is 210 Å². The summed E-state index contributed by atoms with van der Waals surface area (Å²) in [5, 5.41) is 12.7. The number of methoxy groups -OCH3 is 1. The third-order valence-corrected chi connectivity index (χ3v) is 6.00. The van der Waals surface area contributed by atoms with Gasteiger partial charge in [-0.25, -0.2) is 10.2 Å². The highest BCUT2D eigenvalue weighted by atomic mass is 16.6. The average molecular weight is 506 g/mol. The molecule has 1 aromatic carbocycles. The number of rotatable bonds is 9. The van der Waals surface area contributed by atoms with Gasteiger partial charge in [0, 0.05) is 5.56 Å². The van der Waals surface area contributed by atoms with Gasteiger partial charge < -0.3 is 14.8 Å². The van der Waals surface area contributed by atoms with Crippen molar-refractivity contribution in [3.05, 3.63) is 35.4 Å². The minimum absolute atomic E-state index is 0.0289. The number of nitrogens with zero attached hydrogens (tertiary/aromatic N) is 1. The van der Waals surface area contributed by atoms with Crippen LogP contribution in [0.3, 0.4) is 0 Å². The molecular weight excluding hydrogens is 470 g/mol. The number of hydroxylamine groups is 1. The van der Waals surface area contributed by atoms with Gasteiger partial charge in [0.25, 0.3) is 11.8 Å². The van der Waals surface area contributed by atoms with Gasteiger partial charge in [-0.15, -0.1) is 5.17 Å². The SMILES string of the molecule is COC(=O)c1ccc(C(=O)NN(O)C(=O)C(C)(CC(C)C)C(=O)NCC(=O)OC2CCCCC2)cc1. The molecule has 36 heavy (non-hydrogen) atoms. The van der Waals surface area contributed by atoms with Gasteiger partial charge in [0.1, 0.15) is 18.1 Å². The summed E-state index contributed by atoms with van der Waals surface area (Å²) in [6.07, 6.45) is 4.51. The average Bonchev–Trinajstić information content (AvgIpc) is 2.86. The molecule has 1 fully saturated rings. The fourth-order valence-electron chi connectivity index (χ4n) is 4.17. The lowest BCUT2D eigenvalue weighted by Crippen LogP contribution is -2.56. The Kier molecular flexibility index (Phi) is 10.4. The van der Waals surface area contributed by atoms with Crippen molar-refractivity contribution in [3.63, 3.8) is 0 Å². The van der Waals surface area contributed by atoms with Crippen molar-refractivity contribution >= 4 is 29.7 Å². The molecule has 0 aliphatic heterocycles. The predicted molar refractivity (Wildman–Crippen MR) is 127 cm³/mol. The van der Waals surface area contributed by atoms with E-state index in [1.165, 1.54) is 38.3 Å². The monoisotopic (exact) mass is 505 g/mol. The third kappa shape index (κ3) is 7.77. The van der Waals surface area contributed by atoms with Crippen LogP contribution in [0.5, 0.6) is 0 Å². The molecule has 1 aromatic rings. The largest absolute Gasteiger partial charge is 0.465 e. The first kappa shape index (κ1) is 28.8. The fraction of sp³-hybridized carbons (Fsp3) is 0.560. The van der Waals surface area contributed by atoms with E-state index in [0.717, 1.165) is 32.1 Å². The zero-order valence-corrected chi connectivity index (χ0v) is 21.2. The molecule has 11 heteroatoms. The van der Waals surface area contributed by atoms with Crippen LogP contribution in [0.2, 0.25) is 0 Å². The highest BCUT2D eigenvalue weighted by molar-refractivity contribution is 6.06. The summed E-state index contributed by atoms with van der Waals surface area (Å²) in [6.45, 7) is 4.50. The van der Waals surface area contributed by atoms with Crippen molar-refractivity contribution in [1.29, 1.82) is 0 Å². The summed E-state index contributed by atoms with van der Waals surface area (Å²) >= 11 is 0. The second kappa shape index (κ2) is 13.0. The molecule has 2 rings (SSSR count). The summed E-state index contributed by atoms with van der Waals surface area (Å²) in [4.78, 5) is 62.3. The number of carbonyl (C=O) groups excluding carboxylic acids is 5. The van der Waals surface area contributed by atoms with Crippen molar-refractivity contribution in [1.82, 2.24) is 15.9 Å². The summed E-state index contributed by atoms with van der Waals surface area (Å²) in [5.74, 6) is -4.01. The van der Waals surface area contributed by atoms with Crippen LogP contribution >= 0.6 is 0 Å². The number of esters is 2. The van der Waals surface area contributed by atoms with Gasteiger partial charge in [-0.05, 0) is 69.2 Å². The second-order valence-electron chi connectivity index (χ2n) is 9.49. The predicted octanol–water partition coefficient (Wildman–Crippen LogP) is 2.38. The molecule has 0 saturated heterocycles. The van der Waals surface area contributed by atoms with Crippen molar-refractivity contribution in [3.8, 4) is 0 Å². The second-order valence-corrected chi connectivity index (χ2v) is 9.49. The quantitative estimate of drug-likeness (QED) is 0.200. The van der Waals surface area contributed by atoms with Gasteiger partial charge in [-0.2, -0.15) is 0 Å². The van der Waals surface area contributed by atoms with Crippen LogP contribution in [0.4, 0.5) is 0 Å². The Morgan fingerprint density at radius 1 is 1.06 bits per heavy atom. The summed E-state index contributed by atoms with van der Waals surface area (Å²) in [6, 6.07) is 5.34. The van der Waals surface area contributed by atoms with Crippen molar-refractivity contribution in [2.45, 2.75) is 65.4 Å². The van der Waals surface area contributed by atoms with E-state index in [9.17, 15) is 29.2 Å². The number of nitrogens with one attached hydrogen (secondary N) is 2. The number of carbonyl (C=O) groups is 5. The highest BCUT2D eigenvalue weighted by Crippen LogP contribution is 2.28. The smallest absolute Gasteiger partial charge is 0.337 e. The Morgan fingerprint density at radius 3 is 2.19 bits per heavy atom. The molecule has 1 aliphatic rings. The van der Waals surface area contributed by atoms with Crippen LogP contribution in [-0.4, -0.2) is 59.8 Å². The van der Waals surface area contributed by atoms with Gasteiger partial charge in [-0.3, -0.25) is 24.4 Å². The maximum atomic E-state index is 13.1. The van der Waals surface area contributed by atoms with E-state index >= 15 is 0 Å². The van der Waals surface area contributed by atoms with Crippen LogP contribution in [0, 0.1) is 11.3 Å². The van der Waals surface area contributed by atoms with Crippen LogP contribution < -0.4 is 10.7 Å². The van der Waals surface area contributed by atoms with E-state index in [0.29, 0.717) is 0 Å². The van der Waals surface area contributed by atoms with Crippen LogP contribution in [-0.2, 0) is 23.9 Å². The third-order valence-electron chi connectivity index (χ3n) is 6.00. The molecule has 0 radical (unpaired) electrons. The van der Waals surface area contributed by atoms with Gasteiger partial charge in [0.05, 0.1) is 12.7 Å².